The number of primary sulfonamides is 1. The van der Waals surface area contributed by atoms with Gasteiger partial charge in [0.05, 0.1) is 15.4 Å². The number of nitrogens with zero attached hydrogens (tertiary/aromatic N) is 1. The van der Waals surface area contributed by atoms with Gasteiger partial charge in [0.25, 0.3) is 0 Å². The number of carbonyl (C=O) groups excluding carboxylic acids is 1. The van der Waals surface area contributed by atoms with Gasteiger partial charge < -0.3 is 5.73 Å². The smallest absolute Gasteiger partial charge is 0.250 e. The average Bonchev–Trinajstić information content (AvgIpc) is 2.72. The van der Waals surface area contributed by atoms with Crippen molar-refractivity contribution in [2.24, 2.45) is 10.9 Å². The number of sulfonamides is 1. The molecule has 1 amide bonds. The van der Waals surface area contributed by atoms with Gasteiger partial charge in [-0.25, -0.2) is 22.0 Å². The molecule has 1 aromatic heterocycles. The fourth-order valence-electron chi connectivity index (χ4n) is 3.06. The molecule has 8 nitrogen and oxygen atoms in total. The van der Waals surface area contributed by atoms with E-state index in [0.29, 0.717) is 11.3 Å². The van der Waals surface area contributed by atoms with Crippen molar-refractivity contribution >= 4 is 25.8 Å². The molecule has 0 spiro atoms. The summed E-state index contributed by atoms with van der Waals surface area (Å²) in [5.74, 6) is -1.26. The van der Waals surface area contributed by atoms with E-state index in [4.69, 9.17) is 10.9 Å². The van der Waals surface area contributed by atoms with E-state index >= 15 is 0 Å². The summed E-state index contributed by atoms with van der Waals surface area (Å²) in [4.78, 5) is 14.7. The van der Waals surface area contributed by atoms with Crippen LogP contribution >= 0.6 is 0 Å². The summed E-state index contributed by atoms with van der Waals surface area (Å²) < 4.78 is 50.6. The van der Waals surface area contributed by atoms with E-state index in [2.05, 4.69) is 4.98 Å². The summed E-state index contributed by atoms with van der Waals surface area (Å²) in [6, 6.07) is 14.5. The second-order valence-electron chi connectivity index (χ2n) is 6.59. The van der Waals surface area contributed by atoms with Crippen LogP contribution in [0.3, 0.4) is 0 Å². The molecular weight excluding hydrogens is 426 g/mol. The minimum Gasteiger partial charge on any atom is -0.366 e. The van der Waals surface area contributed by atoms with Crippen LogP contribution in [0.25, 0.3) is 0 Å². The Morgan fingerprint density at radius 3 is 2.10 bits per heavy atom. The maximum absolute atomic E-state index is 13.4. The normalized spacial score (nSPS) is 13.0. The second kappa shape index (κ2) is 7.98. The number of hydrogen-bond donors (Lipinski definition) is 2. The Bertz CT molecular complexity index is 1320. The molecule has 1 atom stereocenters. The van der Waals surface area contributed by atoms with E-state index in [9.17, 15) is 21.6 Å². The van der Waals surface area contributed by atoms with E-state index in [1.54, 1.807) is 30.5 Å². The average molecular weight is 446 g/mol. The van der Waals surface area contributed by atoms with Crippen LogP contribution < -0.4 is 10.9 Å². The van der Waals surface area contributed by atoms with Gasteiger partial charge in [-0.2, -0.15) is 0 Å². The molecule has 0 aliphatic carbocycles. The quantitative estimate of drug-likeness (QED) is 0.591. The number of aromatic nitrogens is 1. The highest BCUT2D eigenvalue weighted by atomic mass is 32.2. The van der Waals surface area contributed by atoms with Crippen LogP contribution in [0.1, 0.15) is 34.5 Å². The summed E-state index contributed by atoms with van der Waals surface area (Å²) in [6.07, 6.45) is 1.61. The Morgan fingerprint density at radius 1 is 0.900 bits per heavy atom. The Kier molecular flexibility index (Phi) is 5.75. The van der Waals surface area contributed by atoms with Gasteiger partial charge in [0, 0.05) is 17.8 Å². The molecule has 0 aliphatic heterocycles. The molecule has 1 unspecified atom stereocenters. The number of amides is 1. The lowest BCUT2D eigenvalue weighted by molar-refractivity contribution is 0.0997. The first-order chi connectivity index (χ1) is 14.0. The first-order valence-corrected chi connectivity index (χ1v) is 11.8. The molecule has 0 fully saturated rings. The van der Waals surface area contributed by atoms with Crippen LogP contribution in [0.2, 0.25) is 0 Å². The van der Waals surface area contributed by atoms with E-state index in [1.165, 1.54) is 24.3 Å². The number of primary amides is 1. The Morgan fingerprint density at radius 2 is 1.53 bits per heavy atom. The van der Waals surface area contributed by atoms with Crippen molar-refractivity contribution in [3.8, 4) is 0 Å². The van der Waals surface area contributed by atoms with Crippen molar-refractivity contribution in [3.63, 3.8) is 0 Å². The molecule has 1 heterocycles. The molecule has 3 aromatic rings. The molecule has 30 heavy (non-hydrogen) atoms. The third kappa shape index (κ3) is 4.11. The largest absolute Gasteiger partial charge is 0.366 e. The monoisotopic (exact) mass is 445 g/mol. The van der Waals surface area contributed by atoms with Crippen LogP contribution in [0, 0.1) is 0 Å². The van der Waals surface area contributed by atoms with Crippen molar-refractivity contribution in [1.29, 1.82) is 0 Å². The Hall–Kier alpha value is -3.08. The number of nitrogens with two attached hydrogens (primary N) is 2. The fourth-order valence-corrected chi connectivity index (χ4v) is 5.93. The number of hydrogen-bond acceptors (Lipinski definition) is 6. The van der Waals surface area contributed by atoms with Gasteiger partial charge in [-0.1, -0.05) is 31.2 Å². The summed E-state index contributed by atoms with van der Waals surface area (Å²) in [5.41, 5.74) is 6.39. The highest BCUT2D eigenvalue weighted by molar-refractivity contribution is 7.93. The minimum absolute atomic E-state index is 0.254. The van der Waals surface area contributed by atoms with E-state index in [0.717, 1.165) is 12.1 Å². The maximum Gasteiger partial charge on any atom is 0.250 e. The lowest BCUT2D eigenvalue weighted by Crippen LogP contribution is -2.20. The molecular formula is C20H19N3O5S2. The predicted octanol–water partition coefficient (Wildman–Crippen LogP) is 1.81. The lowest BCUT2D eigenvalue weighted by Gasteiger charge is -2.16. The van der Waals surface area contributed by atoms with Crippen LogP contribution in [0.15, 0.2) is 81.5 Å². The van der Waals surface area contributed by atoms with Crippen LogP contribution in [-0.4, -0.2) is 27.7 Å². The van der Waals surface area contributed by atoms with Crippen molar-refractivity contribution < 1.29 is 21.6 Å². The summed E-state index contributed by atoms with van der Waals surface area (Å²) in [7, 11) is -8.78. The van der Waals surface area contributed by atoms with Crippen molar-refractivity contribution in [1.82, 2.24) is 4.98 Å². The maximum atomic E-state index is 13.4. The van der Waals surface area contributed by atoms with Crippen LogP contribution in [-0.2, 0) is 19.9 Å². The Labute approximate surface area is 174 Å². The zero-order chi connectivity index (χ0) is 22.1. The van der Waals surface area contributed by atoms with E-state index < -0.39 is 40.5 Å². The third-order valence-corrected chi connectivity index (χ3v) is 7.59. The summed E-state index contributed by atoms with van der Waals surface area (Å²) in [5, 5.41) is 5.19. The van der Waals surface area contributed by atoms with E-state index in [1.807, 2.05) is 6.92 Å². The van der Waals surface area contributed by atoms with Crippen LogP contribution in [0.4, 0.5) is 0 Å². The van der Waals surface area contributed by atoms with Crippen molar-refractivity contribution in [3.05, 3.63) is 83.7 Å². The molecule has 0 saturated carbocycles. The van der Waals surface area contributed by atoms with Gasteiger partial charge >= 0.3 is 0 Å². The molecule has 0 aliphatic rings. The zero-order valence-corrected chi connectivity index (χ0v) is 17.5. The van der Waals surface area contributed by atoms with Gasteiger partial charge in [0.1, 0.15) is 4.90 Å². The number of sulfone groups is 1. The fraction of sp³-hybridized carbons (Fsp3) is 0.100. The topological polar surface area (TPSA) is 150 Å². The number of rotatable bonds is 6. The molecule has 156 valence electrons. The van der Waals surface area contributed by atoms with Crippen molar-refractivity contribution in [2.75, 3.05) is 0 Å². The SMILES string of the molecule is CC(c1ccc(C(N)=O)c(S(=O)(=O)c2ccccc2S(N)(=O)=O)c1)c1ccccn1. The minimum atomic E-state index is -4.45. The van der Waals surface area contributed by atoms with Crippen molar-refractivity contribution in [2.45, 2.75) is 27.5 Å². The molecule has 0 bridgehead atoms. The van der Waals surface area contributed by atoms with Gasteiger partial charge in [-0.05, 0) is 42.0 Å². The number of benzene rings is 2. The molecule has 0 saturated heterocycles. The molecule has 10 heteroatoms. The highest BCUT2D eigenvalue weighted by Crippen LogP contribution is 2.32. The first kappa shape index (κ1) is 21.6. The molecule has 2 aromatic carbocycles. The lowest BCUT2D eigenvalue weighted by atomic mass is 9.96. The molecule has 0 radical (unpaired) electrons. The van der Waals surface area contributed by atoms with E-state index in [-0.39, 0.29) is 11.5 Å². The number of carbonyl (C=O) groups is 1. The predicted molar refractivity (Wildman–Crippen MR) is 110 cm³/mol. The standard InChI is InChI=1S/C20H19N3O5S2/c1-13(16-6-4-5-11-23-16)14-9-10-15(20(21)24)19(12-14)29(25,26)17-7-2-3-8-18(17)30(22,27)28/h2-13H,1H3,(H2,21,24)(H2,22,27,28). The zero-order valence-electron chi connectivity index (χ0n) is 15.9. The van der Waals surface area contributed by atoms with Gasteiger partial charge in [0.15, 0.2) is 0 Å². The van der Waals surface area contributed by atoms with Gasteiger partial charge in [-0.3, -0.25) is 9.78 Å². The Balaban J connectivity index is 2.26. The van der Waals surface area contributed by atoms with Gasteiger partial charge in [-0.15, -0.1) is 0 Å². The summed E-state index contributed by atoms with van der Waals surface area (Å²) >= 11 is 0. The summed E-state index contributed by atoms with van der Waals surface area (Å²) in [6.45, 7) is 1.83. The molecule has 4 N–H and O–H groups in total. The number of pyridine rings is 1. The second-order valence-corrected chi connectivity index (χ2v) is 10.0. The third-order valence-electron chi connectivity index (χ3n) is 4.64. The highest BCUT2D eigenvalue weighted by Gasteiger charge is 2.30. The first-order valence-electron chi connectivity index (χ1n) is 8.75. The van der Waals surface area contributed by atoms with Gasteiger partial charge in [0.2, 0.25) is 25.8 Å². The van der Waals surface area contributed by atoms with Crippen LogP contribution in [0.5, 0.6) is 0 Å². The molecule has 3 rings (SSSR count).